The van der Waals surface area contributed by atoms with Crippen LogP contribution >= 0.6 is 0 Å². The van der Waals surface area contributed by atoms with Gasteiger partial charge in [-0.2, -0.15) is 0 Å². The second-order valence-corrected chi connectivity index (χ2v) is 15.9. The summed E-state index contributed by atoms with van der Waals surface area (Å²) in [4.78, 5) is 0. The van der Waals surface area contributed by atoms with Crippen LogP contribution in [0.3, 0.4) is 0 Å². The van der Waals surface area contributed by atoms with Crippen LogP contribution in [0.25, 0.3) is 93.7 Å². The molecule has 0 spiro atoms. The lowest BCUT2D eigenvalue weighted by molar-refractivity contribution is 0.330. The Balaban J connectivity index is 1.16. The molecule has 0 aromatic heterocycles. The summed E-state index contributed by atoms with van der Waals surface area (Å²) in [5.74, 6) is -4.10. The van der Waals surface area contributed by atoms with Gasteiger partial charge < -0.3 is 25.5 Å². The Morgan fingerprint density at radius 1 is 0.361 bits per heavy atom. The van der Waals surface area contributed by atoms with E-state index in [1.807, 2.05) is 48.5 Å². The fourth-order valence-corrected chi connectivity index (χ4v) is 9.71. The van der Waals surface area contributed by atoms with Crippen molar-refractivity contribution in [2.24, 2.45) is 0 Å². The van der Waals surface area contributed by atoms with Gasteiger partial charge in [0.2, 0.25) is 17.2 Å². The van der Waals surface area contributed by atoms with Crippen molar-refractivity contribution < 1.29 is 25.5 Å². The first-order valence-electron chi connectivity index (χ1n) is 20.4. The normalized spacial score (nSPS) is 13.6. The Morgan fingerprint density at radius 2 is 0.869 bits per heavy atom. The molecule has 5 N–H and O–H groups in total. The van der Waals surface area contributed by atoms with E-state index in [9.17, 15) is 25.5 Å². The van der Waals surface area contributed by atoms with Crippen LogP contribution < -0.4 is 0 Å². The molecule has 0 fully saturated rings. The molecule has 11 rings (SSSR count). The first kappa shape index (κ1) is 36.1. The Kier molecular flexibility index (Phi) is 8.33. The number of phenolic OH excluding ortho intramolecular Hbond substituents is 5. The van der Waals surface area contributed by atoms with Crippen molar-refractivity contribution >= 4 is 49.2 Å². The summed E-state index contributed by atoms with van der Waals surface area (Å²) in [7, 11) is 0. The number of benzene rings is 10. The van der Waals surface area contributed by atoms with E-state index in [4.69, 9.17) is 0 Å². The summed E-state index contributed by atoms with van der Waals surface area (Å²) in [6, 6.07) is 59.4. The second kappa shape index (κ2) is 14.1. The van der Waals surface area contributed by atoms with Gasteiger partial charge in [-0.3, -0.25) is 0 Å². The van der Waals surface area contributed by atoms with Gasteiger partial charge in [0.25, 0.3) is 0 Å². The number of hydrogen-bond donors (Lipinski definition) is 5. The van der Waals surface area contributed by atoms with Gasteiger partial charge in [0.1, 0.15) is 0 Å². The van der Waals surface area contributed by atoms with E-state index < -0.39 is 28.7 Å². The van der Waals surface area contributed by atoms with E-state index in [2.05, 4.69) is 133 Å². The Morgan fingerprint density at radius 3 is 1.52 bits per heavy atom. The number of rotatable bonds is 5. The molecule has 1 aliphatic carbocycles. The third-order valence-corrected chi connectivity index (χ3v) is 12.5. The molecule has 292 valence electrons. The molecule has 0 saturated carbocycles. The number of aromatic hydroxyl groups is 5. The molecule has 1 unspecified atom stereocenters. The summed E-state index contributed by atoms with van der Waals surface area (Å²) in [6.07, 6.45) is 5.43. The van der Waals surface area contributed by atoms with Crippen molar-refractivity contribution in [1.82, 2.24) is 0 Å². The molecule has 0 bridgehead atoms. The van der Waals surface area contributed by atoms with Crippen LogP contribution in [-0.4, -0.2) is 25.5 Å². The highest BCUT2D eigenvalue weighted by Crippen LogP contribution is 2.58. The van der Waals surface area contributed by atoms with Crippen LogP contribution in [0.15, 0.2) is 176 Å². The van der Waals surface area contributed by atoms with Crippen LogP contribution in [0.1, 0.15) is 29.0 Å². The maximum absolute atomic E-state index is 11.2. The smallest absolute Gasteiger partial charge is 0.208 e. The predicted octanol–water partition coefficient (Wildman–Crippen LogP) is 14.0. The van der Waals surface area contributed by atoms with Gasteiger partial charge in [-0.1, -0.05) is 170 Å². The molecular formula is C56H38O5. The second-order valence-electron chi connectivity index (χ2n) is 15.9. The molecule has 0 heterocycles. The standard InChI is InChI=1S/C56H38O5/c57-52-51(53(58)55(60)56(61)54(52)59)50-46-21-7-5-19-44(46)49(45-20-6-8-22-47(45)50)35-27-26-34-16-11-25-43(48(34)31-35)38-29-36(41-23-9-14-32-12-1-3-17-39(32)41)28-37(30-38)42-24-10-15-33-13-2-4-18-40(33)42/h1-23,25-31,42,57-61H,24H2. The zero-order valence-corrected chi connectivity index (χ0v) is 32.8. The highest BCUT2D eigenvalue weighted by molar-refractivity contribution is 6.23. The third kappa shape index (κ3) is 5.70. The van der Waals surface area contributed by atoms with Gasteiger partial charge in [-0.15, -0.1) is 0 Å². The Labute approximate surface area is 351 Å². The quantitative estimate of drug-likeness (QED) is 0.0679. The van der Waals surface area contributed by atoms with E-state index in [1.165, 1.54) is 33.0 Å². The molecule has 61 heavy (non-hydrogen) atoms. The number of hydrogen-bond acceptors (Lipinski definition) is 5. The third-order valence-electron chi connectivity index (χ3n) is 12.5. The van der Waals surface area contributed by atoms with E-state index in [0.29, 0.717) is 16.3 Å². The summed E-state index contributed by atoms with van der Waals surface area (Å²) >= 11 is 0. The fraction of sp³-hybridized carbons (Fsp3) is 0.0357. The lowest BCUT2D eigenvalue weighted by atomic mass is 9.80. The van der Waals surface area contributed by atoms with Crippen LogP contribution in [0.4, 0.5) is 0 Å². The maximum Gasteiger partial charge on any atom is 0.208 e. The van der Waals surface area contributed by atoms with Gasteiger partial charge >= 0.3 is 0 Å². The van der Waals surface area contributed by atoms with Gasteiger partial charge in [0.15, 0.2) is 11.5 Å². The molecular weight excluding hydrogens is 753 g/mol. The van der Waals surface area contributed by atoms with Gasteiger partial charge in [0, 0.05) is 11.5 Å². The molecule has 0 aliphatic heterocycles. The number of fused-ring (bicyclic) bond motifs is 5. The van der Waals surface area contributed by atoms with Crippen molar-refractivity contribution in [1.29, 1.82) is 0 Å². The summed E-state index contributed by atoms with van der Waals surface area (Å²) in [5, 5.41) is 61.6. The van der Waals surface area contributed by atoms with Crippen molar-refractivity contribution in [2.45, 2.75) is 12.3 Å². The van der Waals surface area contributed by atoms with Crippen LogP contribution in [0, 0.1) is 0 Å². The van der Waals surface area contributed by atoms with Gasteiger partial charge in [-0.25, -0.2) is 0 Å². The van der Waals surface area contributed by atoms with Crippen LogP contribution in [-0.2, 0) is 0 Å². The molecule has 10 aromatic carbocycles. The Bertz CT molecular complexity index is 3380. The van der Waals surface area contributed by atoms with Gasteiger partial charge in [-0.05, 0) is 112 Å². The molecule has 0 radical (unpaired) electrons. The van der Waals surface area contributed by atoms with E-state index in [-0.39, 0.29) is 11.5 Å². The van der Waals surface area contributed by atoms with E-state index >= 15 is 0 Å². The van der Waals surface area contributed by atoms with E-state index in [1.54, 1.807) is 0 Å². The predicted molar refractivity (Wildman–Crippen MR) is 248 cm³/mol. The fourth-order valence-electron chi connectivity index (χ4n) is 9.71. The summed E-state index contributed by atoms with van der Waals surface area (Å²) < 4.78 is 0. The molecule has 0 saturated heterocycles. The molecule has 0 amide bonds. The SMILES string of the molecule is Oc1c(O)c(O)c(-c2c3ccccc3c(-c3ccc4cccc(-c5cc(-c6cccc7ccccc67)cc(C6CC=Cc7ccccc76)c5)c4c3)c3ccccc23)c(O)c1O. The molecule has 1 aliphatic rings. The van der Waals surface area contributed by atoms with Crippen molar-refractivity contribution in [3.8, 4) is 73.3 Å². The zero-order chi connectivity index (χ0) is 41.4. The molecule has 5 heteroatoms. The molecule has 1 atom stereocenters. The largest absolute Gasteiger partial charge is 0.504 e. The zero-order valence-electron chi connectivity index (χ0n) is 32.8. The number of phenols is 5. The maximum atomic E-state index is 11.2. The lowest BCUT2D eigenvalue weighted by Gasteiger charge is -2.24. The minimum absolute atomic E-state index is 0.175. The van der Waals surface area contributed by atoms with Crippen LogP contribution in [0.2, 0.25) is 0 Å². The highest BCUT2D eigenvalue weighted by atomic mass is 16.4. The van der Waals surface area contributed by atoms with Crippen molar-refractivity contribution in [3.05, 3.63) is 193 Å². The minimum Gasteiger partial charge on any atom is -0.504 e. The Hall–Kier alpha value is -8.02. The minimum atomic E-state index is -0.994. The number of allylic oxidation sites excluding steroid dienone is 1. The highest BCUT2D eigenvalue weighted by Gasteiger charge is 2.28. The van der Waals surface area contributed by atoms with Crippen molar-refractivity contribution in [2.75, 3.05) is 0 Å². The first-order chi connectivity index (χ1) is 29.9. The summed E-state index contributed by atoms with van der Waals surface area (Å²) in [6.45, 7) is 0. The monoisotopic (exact) mass is 790 g/mol. The summed E-state index contributed by atoms with van der Waals surface area (Å²) in [5.41, 5.74) is 10.6. The first-order valence-corrected chi connectivity index (χ1v) is 20.4. The van der Waals surface area contributed by atoms with Crippen LogP contribution in [0.5, 0.6) is 28.7 Å². The van der Waals surface area contributed by atoms with E-state index in [0.717, 1.165) is 55.8 Å². The lowest BCUT2D eigenvalue weighted by Crippen LogP contribution is -2.06. The molecule has 10 aromatic rings. The molecule has 5 nitrogen and oxygen atoms in total. The van der Waals surface area contributed by atoms with Crippen molar-refractivity contribution in [3.63, 3.8) is 0 Å². The topological polar surface area (TPSA) is 101 Å². The van der Waals surface area contributed by atoms with Gasteiger partial charge in [0.05, 0.1) is 5.56 Å². The average molecular weight is 791 g/mol. The average Bonchev–Trinajstić information content (AvgIpc) is 3.31.